The van der Waals surface area contributed by atoms with Crippen molar-refractivity contribution in [2.45, 2.75) is 11.4 Å². The van der Waals surface area contributed by atoms with Gasteiger partial charge in [-0.1, -0.05) is 28.1 Å². The molecule has 0 fully saturated rings. The van der Waals surface area contributed by atoms with Crippen LogP contribution in [0.15, 0.2) is 64.1 Å². The Morgan fingerprint density at radius 3 is 2.78 bits per heavy atom. The lowest BCUT2D eigenvalue weighted by atomic mass is 10.2. The van der Waals surface area contributed by atoms with E-state index in [9.17, 15) is 4.79 Å². The van der Waals surface area contributed by atoms with Crippen LogP contribution in [0.25, 0.3) is 5.69 Å². The number of ether oxygens (including phenoxy) is 1. The van der Waals surface area contributed by atoms with E-state index in [-0.39, 0.29) is 5.91 Å². The van der Waals surface area contributed by atoms with Gasteiger partial charge in [0.1, 0.15) is 5.75 Å². The van der Waals surface area contributed by atoms with Gasteiger partial charge in [-0.2, -0.15) is 5.10 Å². The molecule has 0 aliphatic rings. The number of nitrogens with zero attached hydrogens (tertiary/aromatic N) is 3. The second kappa shape index (κ2) is 8.63. The predicted octanol–water partition coefficient (Wildman–Crippen LogP) is 4.64. The van der Waals surface area contributed by atoms with Crippen molar-refractivity contribution in [2.75, 3.05) is 20.4 Å². The number of rotatable bonds is 6. The summed E-state index contributed by atoms with van der Waals surface area (Å²) in [6, 6.07) is 15.5. The summed E-state index contributed by atoms with van der Waals surface area (Å²) in [4.78, 5) is 15.5. The maximum Gasteiger partial charge on any atom is 0.274 e. The topological polar surface area (TPSA) is 47.4 Å². The highest BCUT2D eigenvalue weighted by molar-refractivity contribution is 9.10. The highest BCUT2D eigenvalue weighted by Gasteiger charge is 2.16. The standard InChI is InChI=1S/C20H20BrN3O2S/c1-23(13-14-7-8-19(27-3)18(11-14)26-2)20(25)17-9-10-24(22-17)16-6-4-5-15(21)12-16/h4-12H,13H2,1-3H3. The number of carbonyl (C=O) groups excluding carboxylic acids is 1. The number of aromatic nitrogens is 2. The van der Waals surface area contributed by atoms with Crippen LogP contribution < -0.4 is 4.74 Å². The lowest BCUT2D eigenvalue weighted by Gasteiger charge is -2.17. The number of thioether (sulfide) groups is 1. The Kier molecular flexibility index (Phi) is 6.23. The van der Waals surface area contributed by atoms with Crippen molar-refractivity contribution in [3.05, 3.63) is 70.5 Å². The molecular formula is C20H20BrN3O2S. The first-order valence-corrected chi connectivity index (χ1v) is 10.3. The summed E-state index contributed by atoms with van der Waals surface area (Å²) in [6.07, 6.45) is 3.80. The summed E-state index contributed by atoms with van der Waals surface area (Å²) in [5.74, 6) is 0.691. The number of hydrogen-bond donors (Lipinski definition) is 0. The van der Waals surface area contributed by atoms with Gasteiger partial charge >= 0.3 is 0 Å². The molecule has 3 aromatic rings. The van der Waals surface area contributed by atoms with Crippen molar-refractivity contribution in [3.8, 4) is 11.4 Å². The molecule has 2 aromatic carbocycles. The van der Waals surface area contributed by atoms with E-state index in [0.29, 0.717) is 12.2 Å². The van der Waals surface area contributed by atoms with Crippen molar-refractivity contribution in [2.24, 2.45) is 0 Å². The lowest BCUT2D eigenvalue weighted by molar-refractivity contribution is 0.0778. The third-order valence-corrected chi connectivity index (χ3v) is 5.37. The van der Waals surface area contributed by atoms with E-state index in [0.717, 1.165) is 26.4 Å². The minimum Gasteiger partial charge on any atom is -0.496 e. The van der Waals surface area contributed by atoms with Crippen molar-refractivity contribution in [1.82, 2.24) is 14.7 Å². The van der Waals surface area contributed by atoms with Crippen LogP contribution >= 0.6 is 27.7 Å². The van der Waals surface area contributed by atoms with Gasteiger partial charge in [-0.15, -0.1) is 11.8 Å². The van der Waals surface area contributed by atoms with Gasteiger partial charge in [0.05, 0.1) is 12.8 Å². The summed E-state index contributed by atoms with van der Waals surface area (Å²) >= 11 is 5.08. The molecule has 3 rings (SSSR count). The molecule has 0 unspecified atom stereocenters. The first-order chi connectivity index (χ1) is 13.0. The molecule has 0 saturated heterocycles. The van der Waals surface area contributed by atoms with Gasteiger partial charge in [-0.3, -0.25) is 4.79 Å². The van der Waals surface area contributed by atoms with E-state index in [4.69, 9.17) is 4.74 Å². The van der Waals surface area contributed by atoms with Crippen molar-refractivity contribution < 1.29 is 9.53 Å². The molecule has 7 heteroatoms. The fourth-order valence-corrected chi connectivity index (χ4v) is 3.66. The quantitative estimate of drug-likeness (QED) is 0.518. The Labute approximate surface area is 171 Å². The number of amides is 1. The van der Waals surface area contributed by atoms with E-state index >= 15 is 0 Å². The SMILES string of the molecule is COc1cc(CN(C)C(=O)c2ccn(-c3cccc(Br)c3)n2)ccc1SC. The summed E-state index contributed by atoms with van der Waals surface area (Å²) in [7, 11) is 3.43. The van der Waals surface area contributed by atoms with Crippen molar-refractivity contribution >= 4 is 33.6 Å². The molecule has 0 aliphatic carbocycles. The maximum atomic E-state index is 12.7. The summed E-state index contributed by atoms with van der Waals surface area (Å²) in [6.45, 7) is 0.480. The van der Waals surface area contributed by atoms with Gasteiger partial charge in [-0.25, -0.2) is 4.68 Å². The largest absolute Gasteiger partial charge is 0.496 e. The molecule has 5 nitrogen and oxygen atoms in total. The Balaban J connectivity index is 1.74. The molecule has 0 saturated carbocycles. The smallest absolute Gasteiger partial charge is 0.274 e. The molecule has 0 bridgehead atoms. The average Bonchev–Trinajstić information content (AvgIpc) is 3.17. The second-order valence-electron chi connectivity index (χ2n) is 5.98. The summed E-state index contributed by atoms with van der Waals surface area (Å²) in [5.41, 5.74) is 2.31. The van der Waals surface area contributed by atoms with Crippen LogP contribution in [0.4, 0.5) is 0 Å². The molecule has 0 aliphatic heterocycles. The zero-order valence-electron chi connectivity index (χ0n) is 15.3. The van der Waals surface area contributed by atoms with Crippen LogP contribution in [0.3, 0.4) is 0 Å². The third kappa shape index (κ3) is 4.54. The molecule has 27 heavy (non-hydrogen) atoms. The van der Waals surface area contributed by atoms with E-state index in [1.165, 1.54) is 0 Å². The molecule has 0 atom stereocenters. The van der Waals surface area contributed by atoms with E-state index in [1.807, 2.05) is 48.7 Å². The zero-order chi connectivity index (χ0) is 19.4. The van der Waals surface area contributed by atoms with Crippen LogP contribution in [0.1, 0.15) is 16.1 Å². The minimum atomic E-state index is -0.128. The normalized spacial score (nSPS) is 10.7. The number of methoxy groups -OCH3 is 1. The number of halogens is 1. The van der Waals surface area contributed by atoms with Crippen LogP contribution in [0.2, 0.25) is 0 Å². The number of benzene rings is 2. The monoisotopic (exact) mass is 445 g/mol. The van der Waals surface area contributed by atoms with E-state index in [2.05, 4.69) is 21.0 Å². The number of carbonyl (C=O) groups is 1. The van der Waals surface area contributed by atoms with Crippen molar-refractivity contribution in [3.63, 3.8) is 0 Å². The fraction of sp³-hybridized carbons (Fsp3) is 0.200. The predicted molar refractivity (Wildman–Crippen MR) is 112 cm³/mol. The highest BCUT2D eigenvalue weighted by atomic mass is 79.9. The number of hydrogen-bond acceptors (Lipinski definition) is 4. The lowest BCUT2D eigenvalue weighted by Crippen LogP contribution is -2.26. The van der Waals surface area contributed by atoms with Crippen LogP contribution in [0.5, 0.6) is 5.75 Å². The maximum absolute atomic E-state index is 12.7. The van der Waals surface area contributed by atoms with Crippen molar-refractivity contribution in [1.29, 1.82) is 0 Å². The van der Waals surface area contributed by atoms with Gasteiger partial charge in [0.2, 0.25) is 0 Å². The minimum absolute atomic E-state index is 0.128. The van der Waals surface area contributed by atoms with Gasteiger partial charge in [0, 0.05) is 29.2 Å². The van der Waals surface area contributed by atoms with Gasteiger partial charge in [0.25, 0.3) is 5.91 Å². The Bertz CT molecular complexity index is 958. The second-order valence-corrected chi connectivity index (χ2v) is 7.74. The zero-order valence-corrected chi connectivity index (χ0v) is 17.8. The molecular weight excluding hydrogens is 426 g/mol. The van der Waals surface area contributed by atoms with Gasteiger partial charge < -0.3 is 9.64 Å². The Hall–Kier alpha value is -2.25. The summed E-state index contributed by atoms with van der Waals surface area (Å²) < 4.78 is 8.08. The molecule has 1 amide bonds. The Morgan fingerprint density at radius 2 is 2.07 bits per heavy atom. The highest BCUT2D eigenvalue weighted by Crippen LogP contribution is 2.28. The fourth-order valence-electron chi connectivity index (χ4n) is 2.72. The van der Waals surface area contributed by atoms with E-state index < -0.39 is 0 Å². The average molecular weight is 446 g/mol. The molecule has 0 radical (unpaired) electrons. The molecule has 1 heterocycles. The molecule has 0 N–H and O–H groups in total. The first-order valence-electron chi connectivity index (χ1n) is 8.30. The third-order valence-electron chi connectivity index (χ3n) is 4.10. The van der Waals surface area contributed by atoms with Gasteiger partial charge in [-0.05, 0) is 48.2 Å². The van der Waals surface area contributed by atoms with Crippen LogP contribution in [-0.2, 0) is 6.54 Å². The molecule has 0 spiro atoms. The van der Waals surface area contributed by atoms with Crippen LogP contribution in [0, 0.1) is 0 Å². The molecule has 1 aromatic heterocycles. The van der Waals surface area contributed by atoms with Crippen LogP contribution in [-0.4, -0.2) is 41.0 Å². The molecule has 140 valence electrons. The Morgan fingerprint density at radius 1 is 1.26 bits per heavy atom. The first kappa shape index (κ1) is 19.5. The summed E-state index contributed by atoms with van der Waals surface area (Å²) in [5, 5.41) is 4.42. The van der Waals surface area contributed by atoms with Gasteiger partial charge in [0.15, 0.2) is 5.69 Å². The van der Waals surface area contributed by atoms with E-state index in [1.54, 1.807) is 47.8 Å².